The number of aryl methyl sites for hydroxylation is 1. The molecular formula is C23H25N3O5. The molecule has 0 unspecified atom stereocenters. The van der Waals surface area contributed by atoms with Gasteiger partial charge in [0, 0.05) is 42.7 Å². The van der Waals surface area contributed by atoms with Crippen LogP contribution in [0.2, 0.25) is 0 Å². The number of carbonyl (C=O) groups is 2. The lowest BCUT2D eigenvalue weighted by Crippen LogP contribution is -2.27. The molecule has 1 aliphatic heterocycles. The molecule has 4 rings (SSSR count). The van der Waals surface area contributed by atoms with E-state index in [1.54, 1.807) is 25.3 Å². The Morgan fingerprint density at radius 2 is 1.87 bits per heavy atom. The van der Waals surface area contributed by atoms with Crippen LogP contribution in [0.15, 0.2) is 42.5 Å². The van der Waals surface area contributed by atoms with Crippen LogP contribution in [0.1, 0.15) is 23.3 Å². The standard InChI is InChI=1S/C23H25N3O5/c1-26-18-7-6-17(29-2)12-15(18)13-19(26)23(28)24-9-3-4-22(27)25-16-5-8-20-21(14-16)31-11-10-30-20/h5-8,12-14H,3-4,9-11H2,1-2H3,(H,24,28)(H,25,27). The third-order valence-corrected chi connectivity index (χ3v) is 5.17. The highest BCUT2D eigenvalue weighted by atomic mass is 16.6. The number of methoxy groups -OCH3 is 1. The van der Waals surface area contributed by atoms with Crippen LogP contribution >= 0.6 is 0 Å². The summed E-state index contributed by atoms with van der Waals surface area (Å²) in [6.45, 7) is 1.42. The van der Waals surface area contributed by atoms with Crippen molar-refractivity contribution in [3.63, 3.8) is 0 Å². The molecule has 0 atom stereocenters. The van der Waals surface area contributed by atoms with E-state index in [-0.39, 0.29) is 11.8 Å². The number of nitrogens with zero attached hydrogens (tertiary/aromatic N) is 1. The van der Waals surface area contributed by atoms with Crippen molar-refractivity contribution in [2.75, 3.05) is 32.2 Å². The number of benzene rings is 2. The molecule has 1 aromatic heterocycles. The summed E-state index contributed by atoms with van der Waals surface area (Å²) in [4.78, 5) is 24.8. The zero-order valence-electron chi connectivity index (χ0n) is 17.6. The van der Waals surface area contributed by atoms with E-state index in [9.17, 15) is 9.59 Å². The molecule has 2 aromatic carbocycles. The van der Waals surface area contributed by atoms with Crippen LogP contribution in [0.5, 0.6) is 17.2 Å². The van der Waals surface area contributed by atoms with Crippen LogP contribution in [-0.4, -0.2) is 43.2 Å². The normalized spacial score (nSPS) is 12.5. The van der Waals surface area contributed by atoms with Gasteiger partial charge >= 0.3 is 0 Å². The molecule has 2 heterocycles. The SMILES string of the molecule is COc1ccc2c(c1)cc(C(=O)NCCCC(=O)Nc1ccc3c(c1)OCCO3)n2C. The van der Waals surface area contributed by atoms with Gasteiger partial charge in [-0.15, -0.1) is 0 Å². The van der Waals surface area contributed by atoms with Gasteiger partial charge in [0.1, 0.15) is 24.7 Å². The largest absolute Gasteiger partial charge is 0.497 e. The van der Waals surface area contributed by atoms with Gasteiger partial charge in [-0.05, 0) is 42.8 Å². The number of nitrogens with one attached hydrogen (secondary N) is 2. The molecule has 0 bridgehead atoms. The molecule has 0 aliphatic carbocycles. The van der Waals surface area contributed by atoms with Gasteiger partial charge < -0.3 is 29.4 Å². The number of amides is 2. The molecular weight excluding hydrogens is 398 g/mol. The topological polar surface area (TPSA) is 90.8 Å². The van der Waals surface area contributed by atoms with E-state index >= 15 is 0 Å². The highest BCUT2D eigenvalue weighted by molar-refractivity contribution is 5.99. The van der Waals surface area contributed by atoms with Crippen LogP contribution in [0.4, 0.5) is 5.69 Å². The summed E-state index contributed by atoms with van der Waals surface area (Å²) in [7, 11) is 3.46. The van der Waals surface area contributed by atoms with E-state index in [4.69, 9.17) is 14.2 Å². The first-order valence-corrected chi connectivity index (χ1v) is 10.2. The van der Waals surface area contributed by atoms with Gasteiger partial charge in [0.25, 0.3) is 5.91 Å². The Kier molecular flexibility index (Phi) is 5.97. The number of rotatable bonds is 7. The molecule has 0 radical (unpaired) electrons. The highest BCUT2D eigenvalue weighted by Gasteiger charge is 2.15. The Morgan fingerprint density at radius 3 is 2.68 bits per heavy atom. The molecule has 0 saturated carbocycles. The second-order valence-electron chi connectivity index (χ2n) is 7.28. The molecule has 1 aliphatic rings. The monoisotopic (exact) mass is 423 g/mol. The molecule has 2 N–H and O–H groups in total. The van der Waals surface area contributed by atoms with Gasteiger partial charge in [0.15, 0.2) is 11.5 Å². The number of ether oxygens (including phenoxy) is 3. The Balaban J connectivity index is 1.27. The van der Waals surface area contributed by atoms with E-state index < -0.39 is 0 Å². The van der Waals surface area contributed by atoms with Gasteiger partial charge in [-0.25, -0.2) is 0 Å². The average Bonchev–Trinajstić information content (AvgIpc) is 3.12. The first kappa shape index (κ1) is 20.6. The molecule has 8 nitrogen and oxygen atoms in total. The van der Waals surface area contributed by atoms with Gasteiger partial charge in [0.05, 0.1) is 7.11 Å². The lowest BCUT2D eigenvalue weighted by atomic mass is 10.2. The van der Waals surface area contributed by atoms with Crippen molar-refractivity contribution in [1.29, 1.82) is 0 Å². The first-order valence-electron chi connectivity index (χ1n) is 10.2. The number of anilines is 1. The summed E-state index contributed by atoms with van der Waals surface area (Å²) in [5.41, 5.74) is 2.16. The maximum atomic E-state index is 12.6. The van der Waals surface area contributed by atoms with E-state index in [0.29, 0.717) is 55.5 Å². The number of fused-ring (bicyclic) bond motifs is 2. The van der Waals surface area contributed by atoms with Crippen molar-refractivity contribution in [1.82, 2.24) is 9.88 Å². The fourth-order valence-electron chi connectivity index (χ4n) is 3.56. The molecule has 8 heteroatoms. The van der Waals surface area contributed by atoms with Crippen LogP contribution in [0, 0.1) is 0 Å². The van der Waals surface area contributed by atoms with Crippen LogP contribution < -0.4 is 24.8 Å². The van der Waals surface area contributed by atoms with E-state index in [2.05, 4.69) is 10.6 Å². The van der Waals surface area contributed by atoms with Crippen LogP contribution in [-0.2, 0) is 11.8 Å². The molecule has 0 spiro atoms. The fourth-order valence-corrected chi connectivity index (χ4v) is 3.56. The molecule has 0 saturated heterocycles. The van der Waals surface area contributed by atoms with E-state index in [1.807, 2.05) is 35.9 Å². The highest BCUT2D eigenvalue weighted by Crippen LogP contribution is 2.32. The third kappa shape index (κ3) is 4.58. The Labute approximate surface area is 180 Å². The smallest absolute Gasteiger partial charge is 0.267 e. The van der Waals surface area contributed by atoms with Crippen molar-refractivity contribution in [2.45, 2.75) is 12.8 Å². The summed E-state index contributed by atoms with van der Waals surface area (Å²) in [6, 6.07) is 12.8. The number of hydrogen-bond donors (Lipinski definition) is 2. The van der Waals surface area contributed by atoms with Crippen molar-refractivity contribution >= 4 is 28.4 Å². The average molecular weight is 423 g/mol. The van der Waals surface area contributed by atoms with Crippen molar-refractivity contribution in [3.8, 4) is 17.2 Å². The minimum absolute atomic E-state index is 0.123. The molecule has 31 heavy (non-hydrogen) atoms. The predicted molar refractivity (Wildman–Crippen MR) is 117 cm³/mol. The maximum absolute atomic E-state index is 12.6. The molecule has 0 fully saturated rings. The minimum Gasteiger partial charge on any atom is -0.497 e. The van der Waals surface area contributed by atoms with Crippen molar-refractivity contribution < 1.29 is 23.8 Å². The van der Waals surface area contributed by atoms with Gasteiger partial charge in [0.2, 0.25) is 5.91 Å². The predicted octanol–water partition coefficient (Wildman–Crippen LogP) is 3.11. The molecule has 162 valence electrons. The van der Waals surface area contributed by atoms with Crippen molar-refractivity contribution in [3.05, 3.63) is 48.2 Å². The lowest BCUT2D eigenvalue weighted by Gasteiger charge is -2.19. The molecule has 3 aromatic rings. The summed E-state index contributed by atoms with van der Waals surface area (Å²) in [5.74, 6) is 1.75. The summed E-state index contributed by atoms with van der Waals surface area (Å²) >= 11 is 0. The number of aromatic nitrogens is 1. The van der Waals surface area contributed by atoms with Gasteiger partial charge in [-0.1, -0.05) is 0 Å². The minimum atomic E-state index is -0.176. The second-order valence-corrected chi connectivity index (χ2v) is 7.28. The number of carbonyl (C=O) groups excluding carboxylic acids is 2. The Bertz CT molecular complexity index is 1120. The quantitative estimate of drug-likeness (QED) is 0.570. The summed E-state index contributed by atoms with van der Waals surface area (Å²) in [6.07, 6.45) is 0.820. The van der Waals surface area contributed by atoms with E-state index in [0.717, 1.165) is 16.7 Å². The summed E-state index contributed by atoms with van der Waals surface area (Å²) in [5, 5.41) is 6.66. The van der Waals surface area contributed by atoms with Crippen LogP contribution in [0.25, 0.3) is 10.9 Å². The number of hydrogen-bond acceptors (Lipinski definition) is 5. The zero-order chi connectivity index (χ0) is 21.8. The third-order valence-electron chi connectivity index (χ3n) is 5.17. The second kappa shape index (κ2) is 8.99. The Hall–Kier alpha value is -3.68. The zero-order valence-corrected chi connectivity index (χ0v) is 17.6. The van der Waals surface area contributed by atoms with E-state index in [1.165, 1.54) is 0 Å². The van der Waals surface area contributed by atoms with Gasteiger partial charge in [-0.3, -0.25) is 9.59 Å². The lowest BCUT2D eigenvalue weighted by molar-refractivity contribution is -0.116. The van der Waals surface area contributed by atoms with Crippen LogP contribution in [0.3, 0.4) is 0 Å². The fraction of sp³-hybridized carbons (Fsp3) is 0.304. The summed E-state index contributed by atoms with van der Waals surface area (Å²) < 4.78 is 18.1. The maximum Gasteiger partial charge on any atom is 0.267 e. The van der Waals surface area contributed by atoms with Gasteiger partial charge in [-0.2, -0.15) is 0 Å². The Morgan fingerprint density at radius 1 is 1.06 bits per heavy atom. The molecule has 2 amide bonds. The van der Waals surface area contributed by atoms with Crippen molar-refractivity contribution in [2.24, 2.45) is 7.05 Å². The first-order chi connectivity index (χ1) is 15.0.